The zero-order valence-electron chi connectivity index (χ0n) is 22.4. The number of hydrogen-bond donors (Lipinski definition) is 1. The van der Waals surface area contributed by atoms with E-state index in [-0.39, 0.29) is 42.5 Å². The van der Waals surface area contributed by atoms with E-state index in [1.165, 1.54) is 15.5 Å². The van der Waals surface area contributed by atoms with Gasteiger partial charge in [0.05, 0.1) is 0 Å². The molecule has 1 saturated heterocycles. The van der Waals surface area contributed by atoms with Crippen LogP contribution in [-0.4, -0.2) is 73.6 Å². The molecule has 1 aromatic carbocycles. The maximum atomic E-state index is 12.8. The van der Waals surface area contributed by atoms with E-state index >= 15 is 0 Å². The molecule has 3 rings (SSSR count). The van der Waals surface area contributed by atoms with E-state index < -0.39 is 26.4 Å². The zero-order chi connectivity index (χ0) is 28.3. The monoisotopic (exact) mass is 552 g/mol. The molecule has 208 valence electrons. The number of nitrogens with zero attached hydrogens (tertiary/aromatic N) is 3. The number of hydrogen-bond acceptors (Lipinski definition) is 4. The molecule has 0 aliphatic carbocycles. The Morgan fingerprint density at radius 2 is 1.63 bits per heavy atom. The highest BCUT2D eigenvalue weighted by atomic mass is 28.4. The van der Waals surface area contributed by atoms with Gasteiger partial charge in [0, 0.05) is 56.4 Å². The molecule has 0 spiro atoms. The second kappa shape index (κ2) is 11.3. The van der Waals surface area contributed by atoms with E-state index in [9.17, 15) is 27.6 Å². The van der Waals surface area contributed by atoms with Gasteiger partial charge in [0.2, 0.25) is 0 Å². The van der Waals surface area contributed by atoms with E-state index in [0.29, 0.717) is 23.6 Å². The molecule has 1 aliphatic heterocycles. The fraction of sp³-hybridized carbons (Fsp3) is 0.500. The number of anilines is 1. The van der Waals surface area contributed by atoms with Gasteiger partial charge in [-0.25, -0.2) is 4.79 Å². The summed E-state index contributed by atoms with van der Waals surface area (Å²) in [6.45, 7) is 11.1. The van der Waals surface area contributed by atoms with Crippen LogP contribution in [0.5, 0.6) is 0 Å². The summed E-state index contributed by atoms with van der Waals surface area (Å²) >= 11 is 0. The Morgan fingerprint density at radius 3 is 2.21 bits per heavy atom. The minimum atomic E-state index is -4.94. The SMILES string of the molecule is CC(C)(C)[Si](C)(C)OCCc1cccc(-n2ccc(NC(=O)N3CCN(C(=O)C(F)(F)F)CC3)cc2=O)c1. The Morgan fingerprint density at radius 1 is 1.00 bits per heavy atom. The standard InChI is InChI=1S/C26H35F3N4O4Si/c1-25(2,3)38(4,5)37-16-10-19-7-6-8-21(17-19)33-11-9-20(18-22(33)34)30-24(36)32-14-12-31(13-15-32)23(35)26(27,28)29/h6-9,11,17-18H,10,12-16H2,1-5H3,(H,30,36). The maximum Gasteiger partial charge on any atom is 0.471 e. The van der Waals surface area contributed by atoms with E-state index in [2.05, 4.69) is 39.2 Å². The molecule has 3 amide bonds. The maximum absolute atomic E-state index is 12.8. The van der Waals surface area contributed by atoms with Crippen molar-refractivity contribution in [1.82, 2.24) is 14.4 Å². The third kappa shape index (κ3) is 7.25. The number of urea groups is 1. The fourth-order valence-corrected chi connectivity index (χ4v) is 4.81. The summed E-state index contributed by atoms with van der Waals surface area (Å²) in [4.78, 5) is 38.7. The Bertz CT molecular complexity index is 1220. The molecule has 0 atom stereocenters. The van der Waals surface area contributed by atoms with Gasteiger partial charge in [-0.05, 0) is 48.3 Å². The minimum absolute atomic E-state index is 0.0450. The number of carbonyl (C=O) groups is 2. The van der Waals surface area contributed by atoms with Crippen LogP contribution in [0.2, 0.25) is 18.1 Å². The lowest BCUT2D eigenvalue weighted by Gasteiger charge is -2.36. The van der Waals surface area contributed by atoms with Crippen LogP contribution in [0.25, 0.3) is 5.69 Å². The van der Waals surface area contributed by atoms with Gasteiger partial charge in [-0.15, -0.1) is 0 Å². The second-order valence-electron chi connectivity index (χ2n) is 10.9. The highest BCUT2D eigenvalue weighted by Crippen LogP contribution is 2.36. The summed E-state index contributed by atoms with van der Waals surface area (Å²) in [6, 6.07) is 9.92. The highest BCUT2D eigenvalue weighted by molar-refractivity contribution is 6.74. The normalized spacial score (nSPS) is 14.9. The van der Waals surface area contributed by atoms with Crippen molar-refractivity contribution >= 4 is 25.9 Å². The van der Waals surface area contributed by atoms with E-state index in [1.54, 1.807) is 12.3 Å². The van der Waals surface area contributed by atoms with Gasteiger partial charge in [-0.2, -0.15) is 13.2 Å². The van der Waals surface area contributed by atoms with Gasteiger partial charge in [0.15, 0.2) is 8.32 Å². The first-order valence-corrected chi connectivity index (χ1v) is 15.4. The lowest BCUT2D eigenvalue weighted by Crippen LogP contribution is -2.54. The van der Waals surface area contributed by atoms with Crippen molar-refractivity contribution in [2.24, 2.45) is 0 Å². The average Bonchev–Trinajstić information content (AvgIpc) is 2.82. The molecule has 38 heavy (non-hydrogen) atoms. The largest absolute Gasteiger partial charge is 0.471 e. The third-order valence-corrected chi connectivity index (χ3v) is 11.7. The summed E-state index contributed by atoms with van der Waals surface area (Å²) in [6.07, 6.45) is -2.67. The first-order chi connectivity index (χ1) is 17.6. The first-order valence-electron chi connectivity index (χ1n) is 12.5. The van der Waals surface area contributed by atoms with Crippen LogP contribution in [0.15, 0.2) is 47.4 Å². The van der Waals surface area contributed by atoms with Crippen molar-refractivity contribution < 1.29 is 27.2 Å². The van der Waals surface area contributed by atoms with E-state index in [1.807, 2.05) is 24.3 Å². The number of halogens is 3. The molecule has 1 aliphatic rings. The number of rotatable bonds is 6. The highest BCUT2D eigenvalue weighted by Gasteiger charge is 2.43. The Hall–Kier alpha value is -3.12. The fourth-order valence-electron chi connectivity index (χ4n) is 3.77. The smallest absolute Gasteiger partial charge is 0.416 e. The number of alkyl halides is 3. The second-order valence-corrected chi connectivity index (χ2v) is 15.7. The number of aromatic nitrogens is 1. The molecule has 0 bridgehead atoms. The van der Waals surface area contributed by atoms with Gasteiger partial charge in [-0.1, -0.05) is 32.9 Å². The van der Waals surface area contributed by atoms with Gasteiger partial charge in [0.25, 0.3) is 5.56 Å². The van der Waals surface area contributed by atoms with Crippen molar-refractivity contribution in [2.45, 2.75) is 51.5 Å². The van der Waals surface area contributed by atoms with Crippen LogP contribution in [-0.2, 0) is 15.6 Å². The molecule has 1 N–H and O–H groups in total. The molecule has 1 fully saturated rings. The van der Waals surface area contributed by atoms with Crippen molar-refractivity contribution in [1.29, 1.82) is 0 Å². The average molecular weight is 553 g/mol. The number of benzene rings is 1. The number of carbonyl (C=O) groups excluding carboxylic acids is 2. The van der Waals surface area contributed by atoms with Gasteiger partial charge >= 0.3 is 18.1 Å². The van der Waals surface area contributed by atoms with Crippen LogP contribution in [0, 0.1) is 0 Å². The number of pyridine rings is 1. The number of amides is 3. The summed E-state index contributed by atoms with van der Waals surface area (Å²) in [5, 5.41) is 2.73. The van der Waals surface area contributed by atoms with Gasteiger partial charge in [-0.3, -0.25) is 14.2 Å². The predicted molar refractivity (Wildman–Crippen MR) is 142 cm³/mol. The number of nitrogens with one attached hydrogen (secondary N) is 1. The van der Waals surface area contributed by atoms with Crippen LogP contribution in [0.1, 0.15) is 26.3 Å². The van der Waals surface area contributed by atoms with Crippen molar-refractivity contribution in [2.75, 3.05) is 38.1 Å². The third-order valence-electron chi connectivity index (χ3n) is 7.12. The predicted octanol–water partition coefficient (Wildman–Crippen LogP) is 4.64. The Balaban J connectivity index is 1.60. The Labute approximate surface area is 221 Å². The molecule has 0 saturated carbocycles. The summed E-state index contributed by atoms with van der Waals surface area (Å²) < 4.78 is 45.6. The quantitative estimate of drug-likeness (QED) is 0.530. The number of piperazine rings is 1. The zero-order valence-corrected chi connectivity index (χ0v) is 23.4. The summed E-state index contributed by atoms with van der Waals surface area (Å²) in [5.41, 5.74) is 1.64. The molecule has 12 heteroatoms. The molecule has 0 radical (unpaired) electrons. The Kier molecular flexibility index (Phi) is 8.77. The van der Waals surface area contributed by atoms with Crippen LogP contribution < -0.4 is 10.9 Å². The lowest BCUT2D eigenvalue weighted by atomic mass is 10.1. The topological polar surface area (TPSA) is 83.9 Å². The van der Waals surface area contributed by atoms with E-state index in [4.69, 9.17) is 4.43 Å². The molecule has 1 aromatic heterocycles. The molecule has 2 aromatic rings. The molecule has 0 unspecified atom stereocenters. The van der Waals surface area contributed by atoms with Crippen molar-refractivity contribution in [3.05, 3.63) is 58.5 Å². The van der Waals surface area contributed by atoms with Crippen molar-refractivity contribution in [3.63, 3.8) is 0 Å². The van der Waals surface area contributed by atoms with Gasteiger partial charge in [0.1, 0.15) is 0 Å². The molecule has 2 heterocycles. The molecular weight excluding hydrogens is 517 g/mol. The lowest BCUT2D eigenvalue weighted by molar-refractivity contribution is -0.186. The molecular formula is C26H35F3N4O4Si. The summed E-state index contributed by atoms with van der Waals surface area (Å²) in [5.74, 6) is -1.91. The van der Waals surface area contributed by atoms with Crippen molar-refractivity contribution in [3.8, 4) is 5.69 Å². The van der Waals surface area contributed by atoms with Crippen LogP contribution in [0.4, 0.5) is 23.7 Å². The van der Waals surface area contributed by atoms with Crippen LogP contribution >= 0.6 is 0 Å². The molecule has 8 nitrogen and oxygen atoms in total. The minimum Gasteiger partial charge on any atom is -0.416 e. The van der Waals surface area contributed by atoms with Gasteiger partial charge < -0.3 is 19.5 Å². The first kappa shape index (κ1) is 29.4. The summed E-state index contributed by atoms with van der Waals surface area (Å²) in [7, 11) is -1.85. The van der Waals surface area contributed by atoms with E-state index in [0.717, 1.165) is 5.56 Å². The van der Waals surface area contributed by atoms with Crippen LogP contribution in [0.3, 0.4) is 0 Å².